The second-order valence-corrected chi connectivity index (χ2v) is 8.21. The van der Waals surface area contributed by atoms with E-state index < -0.39 is 0 Å². The number of nitrogens with zero attached hydrogens (tertiary/aromatic N) is 4. The highest BCUT2D eigenvalue weighted by Crippen LogP contribution is 2.31. The maximum atomic E-state index is 5.89. The molecule has 0 saturated carbocycles. The number of para-hydroxylation sites is 1. The second kappa shape index (κ2) is 13.0. The van der Waals surface area contributed by atoms with Gasteiger partial charge in [-0.25, -0.2) is 4.99 Å². The molecule has 2 aromatic rings. The lowest BCUT2D eigenvalue weighted by Crippen LogP contribution is -2.42. The highest BCUT2D eigenvalue weighted by atomic mass is 127. The summed E-state index contributed by atoms with van der Waals surface area (Å²) < 4.78 is 13.7. The van der Waals surface area contributed by atoms with Gasteiger partial charge < -0.3 is 24.7 Å². The number of benzene rings is 1. The maximum Gasteiger partial charge on any atom is 0.192 e. The zero-order valence-corrected chi connectivity index (χ0v) is 22.1. The molecule has 2 atom stereocenters. The molecule has 2 unspecified atom stereocenters. The Morgan fingerprint density at radius 1 is 1.31 bits per heavy atom. The van der Waals surface area contributed by atoms with Crippen LogP contribution >= 0.6 is 24.0 Å². The van der Waals surface area contributed by atoms with Crippen molar-refractivity contribution in [2.75, 3.05) is 19.8 Å². The van der Waals surface area contributed by atoms with Gasteiger partial charge in [-0.2, -0.15) is 0 Å². The third kappa shape index (κ3) is 7.06. The Morgan fingerprint density at radius 3 is 2.78 bits per heavy atom. The molecule has 0 amide bonds. The quantitative estimate of drug-likeness (QED) is 0.278. The average Bonchev–Trinajstić information content (AvgIpc) is 3.09. The Kier molecular flexibility index (Phi) is 10.7. The van der Waals surface area contributed by atoms with Gasteiger partial charge in [0.2, 0.25) is 0 Å². The van der Waals surface area contributed by atoms with E-state index in [9.17, 15) is 0 Å². The highest BCUT2D eigenvalue weighted by molar-refractivity contribution is 14.0. The molecular formula is C23H37IN6O2. The van der Waals surface area contributed by atoms with E-state index in [0.717, 1.165) is 54.9 Å². The number of ether oxygens (including phenoxy) is 2. The third-order valence-corrected chi connectivity index (χ3v) is 5.68. The average molecular weight is 556 g/mol. The number of guanidine groups is 1. The summed E-state index contributed by atoms with van der Waals surface area (Å²) in [5, 5.41) is 15.5. The first-order chi connectivity index (χ1) is 15.0. The number of aliphatic imine (C=N–C) groups is 1. The molecule has 8 nitrogen and oxygen atoms in total. The van der Waals surface area contributed by atoms with Gasteiger partial charge in [0.1, 0.15) is 18.1 Å². The SMILES string of the molecule is CCOC(CCNC(=NCc1nnc(C)n1C)NC1CCOc2ccccc21)C(C)C.I. The molecule has 178 valence electrons. The predicted molar refractivity (Wildman–Crippen MR) is 138 cm³/mol. The van der Waals surface area contributed by atoms with Gasteiger partial charge in [-0.3, -0.25) is 0 Å². The van der Waals surface area contributed by atoms with Crippen molar-refractivity contribution in [2.24, 2.45) is 18.0 Å². The number of nitrogens with one attached hydrogen (secondary N) is 2. The fourth-order valence-corrected chi connectivity index (χ4v) is 3.70. The molecular weight excluding hydrogens is 519 g/mol. The van der Waals surface area contributed by atoms with E-state index in [-0.39, 0.29) is 36.1 Å². The van der Waals surface area contributed by atoms with Crippen molar-refractivity contribution in [1.29, 1.82) is 0 Å². The fraction of sp³-hybridized carbons (Fsp3) is 0.609. The monoisotopic (exact) mass is 556 g/mol. The van der Waals surface area contributed by atoms with Crippen molar-refractivity contribution in [2.45, 2.75) is 59.2 Å². The standard InChI is InChI=1S/C23H36N6O2.HI/c1-6-30-20(16(2)3)11-13-24-23(25-15-22-28-27-17(4)29(22)5)26-19-12-14-31-21-10-8-7-9-18(19)21;/h7-10,16,19-20H,6,11-15H2,1-5H3,(H2,24,25,26);1H. The summed E-state index contributed by atoms with van der Waals surface area (Å²) in [6.45, 7) is 11.0. The van der Waals surface area contributed by atoms with Crippen LogP contribution in [0.15, 0.2) is 29.3 Å². The van der Waals surface area contributed by atoms with Crippen LogP contribution in [0, 0.1) is 12.8 Å². The molecule has 32 heavy (non-hydrogen) atoms. The molecule has 0 spiro atoms. The number of aryl methyl sites for hydroxylation is 1. The minimum atomic E-state index is 0. The summed E-state index contributed by atoms with van der Waals surface area (Å²) in [6.07, 6.45) is 2.03. The second-order valence-electron chi connectivity index (χ2n) is 8.21. The summed E-state index contributed by atoms with van der Waals surface area (Å²) in [4.78, 5) is 4.81. The molecule has 0 aliphatic carbocycles. The third-order valence-electron chi connectivity index (χ3n) is 5.68. The number of hydrogen-bond acceptors (Lipinski definition) is 5. The van der Waals surface area contributed by atoms with Gasteiger partial charge in [-0.1, -0.05) is 32.0 Å². The minimum absolute atomic E-state index is 0. The molecule has 1 aliphatic heterocycles. The molecule has 1 aromatic carbocycles. The zero-order chi connectivity index (χ0) is 22.2. The molecule has 0 bridgehead atoms. The molecule has 2 heterocycles. The first kappa shape index (κ1) is 26.4. The molecule has 0 radical (unpaired) electrons. The largest absolute Gasteiger partial charge is 0.493 e. The summed E-state index contributed by atoms with van der Waals surface area (Å²) >= 11 is 0. The lowest BCUT2D eigenvalue weighted by Gasteiger charge is -2.28. The van der Waals surface area contributed by atoms with Gasteiger partial charge in [-0.05, 0) is 32.3 Å². The van der Waals surface area contributed by atoms with Crippen LogP contribution in [0.3, 0.4) is 0 Å². The smallest absolute Gasteiger partial charge is 0.192 e. The summed E-state index contributed by atoms with van der Waals surface area (Å²) in [5.41, 5.74) is 1.16. The number of halogens is 1. The minimum Gasteiger partial charge on any atom is -0.493 e. The lowest BCUT2D eigenvalue weighted by atomic mass is 10.0. The Bertz CT molecular complexity index is 870. The molecule has 2 N–H and O–H groups in total. The van der Waals surface area contributed by atoms with Gasteiger partial charge >= 0.3 is 0 Å². The van der Waals surface area contributed by atoms with Crippen LogP contribution in [-0.2, 0) is 18.3 Å². The van der Waals surface area contributed by atoms with Crippen molar-refractivity contribution in [3.05, 3.63) is 41.5 Å². The zero-order valence-electron chi connectivity index (χ0n) is 19.8. The van der Waals surface area contributed by atoms with Crippen molar-refractivity contribution in [3.8, 4) is 5.75 Å². The topological polar surface area (TPSA) is 85.6 Å². The number of aromatic nitrogens is 3. The molecule has 0 fully saturated rings. The van der Waals surface area contributed by atoms with Crippen molar-refractivity contribution in [3.63, 3.8) is 0 Å². The van der Waals surface area contributed by atoms with Gasteiger partial charge in [0.15, 0.2) is 11.8 Å². The number of hydrogen-bond donors (Lipinski definition) is 2. The van der Waals surface area contributed by atoms with Gasteiger partial charge in [0.05, 0.1) is 18.8 Å². The molecule has 3 rings (SSSR count). The van der Waals surface area contributed by atoms with E-state index in [1.54, 1.807) is 0 Å². The Labute approximate surface area is 208 Å². The van der Waals surface area contributed by atoms with Crippen molar-refractivity contribution >= 4 is 29.9 Å². The normalized spacial score (nSPS) is 16.7. The molecule has 1 aliphatic rings. The Hall–Kier alpha value is -1.88. The van der Waals surface area contributed by atoms with Gasteiger partial charge in [0.25, 0.3) is 0 Å². The van der Waals surface area contributed by atoms with Crippen LogP contribution in [0.2, 0.25) is 0 Å². The summed E-state index contributed by atoms with van der Waals surface area (Å²) in [7, 11) is 1.96. The van der Waals surface area contributed by atoms with Crippen LogP contribution < -0.4 is 15.4 Å². The summed E-state index contributed by atoms with van der Waals surface area (Å²) in [6, 6.07) is 8.32. The van der Waals surface area contributed by atoms with Crippen molar-refractivity contribution in [1.82, 2.24) is 25.4 Å². The van der Waals surface area contributed by atoms with Gasteiger partial charge in [-0.15, -0.1) is 34.2 Å². The van der Waals surface area contributed by atoms with E-state index in [4.69, 9.17) is 14.5 Å². The molecule has 1 aromatic heterocycles. The van der Waals surface area contributed by atoms with E-state index >= 15 is 0 Å². The Balaban J connectivity index is 0.00000363. The van der Waals surface area contributed by atoms with Crippen LogP contribution in [0.5, 0.6) is 5.75 Å². The number of rotatable bonds is 9. The van der Waals surface area contributed by atoms with Crippen LogP contribution in [0.25, 0.3) is 0 Å². The van der Waals surface area contributed by atoms with Crippen LogP contribution in [-0.4, -0.2) is 46.6 Å². The first-order valence-corrected chi connectivity index (χ1v) is 11.2. The number of fused-ring (bicyclic) bond motifs is 1. The van der Waals surface area contributed by atoms with E-state index in [0.29, 0.717) is 19.1 Å². The van der Waals surface area contributed by atoms with Crippen LogP contribution in [0.4, 0.5) is 0 Å². The maximum absolute atomic E-state index is 5.89. The van der Waals surface area contributed by atoms with E-state index in [1.165, 1.54) is 0 Å². The molecule has 9 heteroatoms. The highest BCUT2D eigenvalue weighted by Gasteiger charge is 2.22. The van der Waals surface area contributed by atoms with Gasteiger partial charge in [0, 0.05) is 32.2 Å². The van der Waals surface area contributed by atoms with E-state index in [2.05, 4.69) is 40.7 Å². The van der Waals surface area contributed by atoms with Crippen LogP contribution in [0.1, 0.15) is 56.9 Å². The lowest BCUT2D eigenvalue weighted by molar-refractivity contribution is 0.0258. The fourth-order valence-electron chi connectivity index (χ4n) is 3.70. The predicted octanol–water partition coefficient (Wildman–Crippen LogP) is 3.75. The Morgan fingerprint density at radius 2 is 2.09 bits per heavy atom. The van der Waals surface area contributed by atoms with E-state index in [1.807, 2.05) is 43.7 Å². The van der Waals surface area contributed by atoms with Crippen molar-refractivity contribution < 1.29 is 9.47 Å². The molecule has 0 saturated heterocycles. The first-order valence-electron chi connectivity index (χ1n) is 11.2. The summed E-state index contributed by atoms with van der Waals surface area (Å²) in [5.74, 6) is 3.88.